The van der Waals surface area contributed by atoms with E-state index < -0.39 is 35.2 Å². The Balaban J connectivity index is 2.03. The summed E-state index contributed by atoms with van der Waals surface area (Å²) in [6, 6.07) is 5.54. The van der Waals surface area contributed by atoms with Crippen molar-refractivity contribution < 1.29 is 32.0 Å². The third-order valence-electron chi connectivity index (χ3n) is 3.36. The van der Waals surface area contributed by atoms with Crippen LogP contribution in [0.25, 0.3) is 6.08 Å². The Hall–Kier alpha value is -3.36. The molecule has 0 unspecified atom stereocenters. The van der Waals surface area contributed by atoms with Gasteiger partial charge in [-0.3, -0.25) is 14.9 Å². The molecule has 0 radical (unpaired) electrons. The molecule has 128 valence electrons. The fraction of sp³-hybridized carbons (Fsp3) is 0.0625. The maximum Gasteiger partial charge on any atom is 0.416 e. The SMILES string of the molecule is O=C1NC(=O)N(c2cccc(C(F)(F)F)c2)C(=O)/C1=C/c1ccco1. The van der Waals surface area contributed by atoms with E-state index in [1.807, 2.05) is 5.32 Å². The van der Waals surface area contributed by atoms with Gasteiger partial charge >= 0.3 is 12.2 Å². The second-order valence-electron chi connectivity index (χ2n) is 5.02. The number of carbonyl (C=O) groups is 3. The van der Waals surface area contributed by atoms with Crippen molar-refractivity contribution in [2.75, 3.05) is 4.90 Å². The van der Waals surface area contributed by atoms with Gasteiger partial charge < -0.3 is 4.42 Å². The molecule has 25 heavy (non-hydrogen) atoms. The minimum absolute atomic E-state index is 0.178. The minimum Gasteiger partial charge on any atom is -0.465 e. The van der Waals surface area contributed by atoms with Gasteiger partial charge in [0.05, 0.1) is 17.5 Å². The van der Waals surface area contributed by atoms with Crippen molar-refractivity contribution in [1.29, 1.82) is 0 Å². The number of hydrogen-bond donors (Lipinski definition) is 1. The van der Waals surface area contributed by atoms with Crippen molar-refractivity contribution in [2.45, 2.75) is 6.18 Å². The first-order valence-corrected chi connectivity index (χ1v) is 6.89. The molecule has 4 amide bonds. The number of halogens is 3. The van der Waals surface area contributed by atoms with E-state index >= 15 is 0 Å². The van der Waals surface area contributed by atoms with Gasteiger partial charge in [0.15, 0.2) is 0 Å². The third-order valence-corrected chi connectivity index (χ3v) is 3.36. The molecule has 6 nitrogen and oxygen atoms in total. The number of hydrogen-bond acceptors (Lipinski definition) is 4. The molecular weight excluding hydrogens is 341 g/mol. The number of nitrogens with one attached hydrogen (secondary N) is 1. The topological polar surface area (TPSA) is 79.6 Å². The fourth-order valence-corrected chi connectivity index (χ4v) is 2.23. The maximum atomic E-state index is 12.8. The molecule has 3 rings (SSSR count). The summed E-state index contributed by atoms with van der Waals surface area (Å²) < 4.78 is 43.5. The van der Waals surface area contributed by atoms with Crippen molar-refractivity contribution in [3.8, 4) is 0 Å². The lowest BCUT2D eigenvalue weighted by Gasteiger charge is -2.26. The summed E-state index contributed by atoms with van der Waals surface area (Å²) in [5, 5.41) is 1.92. The number of imide groups is 2. The van der Waals surface area contributed by atoms with Crippen LogP contribution in [0, 0.1) is 0 Å². The van der Waals surface area contributed by atoms with E-state index in [1.165, 1.54) is 18.4 Å². The van der Waals surface area contributed by atoms with Gasteiger partial charge in [0.2, 0.25) is 0 Å². The zero-order valence-electron chi connectivity index (χ0n) is 12.3. The van der Waals surface area contributed by atoms with Crippen LogP contribution in [0.15, 0.2) is 52.7 Å². The molecule has 0 aliphatic carbocycles. The quantitative estimate of drug-likeness (QED) is 0.667. The molecule has 1 saturated heterocycles. The van der Waals surface area contributed by atoms with E-state index in [1.54, 1.807) is 0 Å². The number of amides is 4. The summed E-state index contributed by atoms with van der Waals surface area (Å²) in [4.78, 5) is 36.8. The normalized spacial score (nSPS) is 17.2. The van der Waals surface area contributed by atoms with E-state index in [9.17, 15) is 27.6 Å². The molecule has 0 spiro atoms. The third kappa shape index (κ3) is 3.16. The summed E-state index contributed by atoms with van der Waals surface area (Å²) >= 11 is 0. The van der Waals surface area contributed by atoms with Crippen LogP contribution >= 0.6 is 0 Å². The van der Waals surface area contributed by atoms with E-state index in [0.717, 1.165) is 24.3 Å². The second kappa shape index (κ2) is 5.93. The van der Waals surface area contributed by atoms with Crippen molar-refractivity contribution in [2.24, 2.45) is 0 Å². The Bertz CT molecular complexity index is 885. The number of furan rings is 1. The number of carbonyl (C=O) groups excluding carboxylic acids is 3. The van der Waals surface area contributed by atoms with Crippen LogP contribution in [0.2, 0.25) is 0 Å². The zero-order chi connectivity index (χ0) is 18.2. The first-order valence-electron chi connectivity index (χ1n) is 6.89. The highest BCUT2D eigenvalue weighted by Crippen LogP contribution is 2.32. The molecule has 2 heterocycles. The van der Waals surface area contributed by atoms with Crippen LogP contribution in [-0.4, -0.2) is 17.8 Å². The molecule has 9 heteroatoms. The lowest BCUT2D eigenvalue weighted by molar-refractivity contribution is -0.137. The number of barbiturate groups is 1. The molecule has 1 N–H and O–H groups in total. The number of anilines is 1. The van der Waals surface area contributed by atoms with Gasteiger partial charge in [-0.2, -0.15) is 13.2 Å². The highest BCUT2D eigenvalue weighted by Gasteiger charge is 2.38. The molecule has 0 bridgehead atoms. The predicted molar refractivity (Wildman–Crippen MR) is 79.2 cm³/mol. The maximum absolute atomic E-state index is 12.8. The summed E-state index contributed by atoms with van der Waals surface area (Å²) in [7, 11) is 0. The van der Waals surface area contributed by atoms with Crippen LogP contribution in [-0.2, 0) is 15.8 Å². The lowest BCUT2D eigenvalue weighted by atomic mass is 10.1. The average molecular weight is 350 g/mol. The predicted octanol–water partition coefficient (Wildman–Crippen LogP) is 2.96. The number of alkyl halides is 3. The summed E-state index contributed by atoms with van der Waals surface area (Å²) in [5.74, 6) is -1.84. The Morgan fingerprint density at radius 3 is 2.48 bits per heavy atom. The zero-order valence-corrected chi connectivity index (χ0v) is 12.3. The van der Waals surface area contributed by atoms with Crippen molar-refractivity contribution in [3.05, 3.63) is 59.6 Å². The van der Waals surface area contributed by atoms with E-state index in [0.29, 0.717) is 11.0 Å². The average Bonchev–Trinajstić information content (AvgIpc) is 3.04. The van der Waals surface area contributed by atoms with Crippen LogP contribution < -0.4 is 10.2 Å². The first kappa shape index (κ1) is 16.5. The van der Waals surface area contributed by atoms with Crippen LogP contribution in [0.3, 0.4) is 0 Å². The van der Waals surface area contributed by atoms with Gasteiger partial charge in [-0.1, -0.05) is 6.07 Å². The van der Waals surface area contributed by atoms with E-state index in [4.69, 9.17) is 4.42 Å². The highest BCUT2D eigenvalue weighted by molar-refractivity contribution is 6.39. The van der Waals surface area contributed by atoms with E-state index in [2.05, 4.69) is 0 Å². The second-order valence-corrected chi connectivity index (χ2v) is 5.02. The van der Waals surface area contributed by atoms with Gasteiger partial charge in [-0.15, -0.1) is 0 Å². The number of urea groups is 1. The van der Waals surface area contributed by atoms with Crippen LogP contribution in [0.4, 0.5) is 23.7 Å². The van der Waals surface area contributed by atoms with Crippen LogP contribution in [0.1, 0.15) is 11.3 Å². The molecular formula is C16H9F3N2O4. The highest BCUT2D eigenvalue weighted by atomic mass is 19.4. The number of nitrogens with zero attached hydrogens (tertiary/aromatic N) is 1. The molecule has 1 aliphatic rings. The monoisotopic (exact) mass is 350 g/mol. The van der Waals surface area contributed by atoms with Gasteiger partial charge in [-0.05, 0) is 36.4 Å². The van der Waals surface area contributed by atoms with Crippen molar-refractivity contribution >= 4 is 29.6 Å². The van der Waals surface area contributed by atoms with Crippen molar-refractivity contribution in [1.82, 2.24) is 5.32 Å². The summed E-state index contributed by atoms with van der Waals surface area (Å²) in [6.07, 6.45) is -2.23. The standard InChI is InChI=1S/C16H9F3N2O4/c17-16(18,19)9-3-1-4-10(7-9)21-14(23)12(13(22)20-15(21)24)8-11-5-2-6-25-11/h1-8H,(H,20,22,24)/b12-8+. The molecule has 0 saturated carbocycles. The molecule has 0 atom stereocenters. The molecule has 1 aromatic carbocycles. The van der Waals surface area contributed by atoms with Gasteiger partial charge in [-0.25, -0.2) is 9.69 Å². The van der Waals surface area contributed by atoms with Gasteiger partial charge in [0, 0.05) is 0 Å². The van der Waals surface area contributed by atoms with E-state index in [-0.39, 0.29) is 11.4 Å². The Labute approximate surface area is 138 Å². The molecule has 1 fully saturated rings. The van der Waals surface area contributed by atoms with Gasteiger partial charge in [0.1, 0.15) is 11.3 Å². The number of rotatable bonds is 2. The molecule has 1 aromatic heterocycles. The lowest BCUT2D eigenvalue weighted by Crippen LogP contribution is -2.54. The summed E-state index contributed by atoms with van der Waals surface area (Å²) in [6.45, 7) is 0. The molecule has 2 aromatic rings. The first-order chi connectivity index (χ1) is 11.8. The minimum atomic E-state index is -4.64. The smallest absolute Gasteiger partial charge is 0.416 e. The Morgan fingerprint density at radius 1 is 1.08 bits per heavy atom. The van der Waals surface area contributed by atoms with Crippen molar-refractivity contribution in [3.63, 3.8) is 0 Å². The fourth-order valence-electron chi connectivity index (χ4n) is 2.23. The Kier molecular flexibility index (Phi) is 3.91. The summed E-state index contributed by atoms with van der Waals surface area (Å²) in [5.41, 5.74) is -1.78. The molecule has 1 aliphatic heterocycles. The van der Waals surface area contributed by atoms with Gasteiger partial charge in [0.25, 0.3) is 11.8 Å². The van der Waals surface area contributed by atoms with Crippen LogP contribution in [0.5, 0.6) is 0 Å². The Morgan fingerprint density at radius 2 is 1.84 bits per heavy atom. The largest absolute Gasteiger partial charge is 0.465 e. The number of benzene rings is 1.